The molecule has 11 heteroatoms. The van der Waals surface area contributed by atoms with Gasteiger partial charge < -0.3 is 15.5 Å². The number of rotatable bonds is 7. The highest BCUT2D eigenvalue weighted by atomic mass is 35.5. The number of carboxylic acid groups (broad SMARTS) is 2. The van der Waals surface area contributed by atoms with Crippen molar-refractivity contribution >= 4 is 30.0 Å². The molecule has 1 heterocycles. The molecule has 0 aliphatic heterocycles. The zero-order valence-electron chi connectivity index (χ0n) is 19.2. The van der Waals surface area contributed by atoms with E-state index in [4.69, 9.17) is 10.2 Å². The van der Waals surface area contributed by atoms with Gasteiger partial charge in [-0.25, -0.2) is 14.8 Å². The van der Waals surface area contributed by atoms with Gasteiger partial charge in [-0.3, -0.25) is 4.79 Å². The number of unbranched alkanes of at least 4 members (excludes halogenated alkanes) is 1. The molecule has 0 fully saturated rings. The molecule has 0 radical (unpaired) electrons. The van der Waals surface area contributed by atoms with Crippen LogP contribution in [0.5, 0.6) is 0 Å². The van der Waals surface area contributed by atoms with Crippen LogP contribution in [-0.4, -0.2) is 38.7 Å². The van der Waals surface area contributed by atoms with E-state index in [1.807, 2.05) is 0 Å². The van der Waals surface area contributed by atoms with Gasteiger partial charge in [0, 0.05) is 17.7 Å². The Morgan fingerprint density at radius 2 is 1.71 bits per heavy atom. The number of benzene rings is 1. The summed E-state index contributed by atoms with van der Waals surface area (Å²) in [5.74, 6) is -1.66. The Hall–Kier alpha value is -3.40. The Bertz CT molecular complexity index is 1060. The lowest BCUT2D eigenvalue weighted by molar-refractivity contribution is -0.145. The number of carbonyl (C=O) groups is 2. The van der Waals surface area contributed by atoms with E-state index in [0.29, 0.717) is 11.4 Å². The van der Waals surface area contributed by atoms with E-state index in [0.717, 1.165) is 37.2 Å². The number of halogens is 4. The molecule has 0 bridgehead atoms. The van der Waals surface area contributed by atoms with E-state index in [2.05, 4.69) is 22.2 Å². The van der Waals surface area contributed by atoms with Crippen molar-refractivity contribution in [1.82, 2.24) is 9.97 Å². The fourth-order valence-corrected chi connectivity index (χ4v) is 2.97. The van der Waals surface area contributed by atoms with E-state index < -0.39 is 29.1 Å². The minimum absolute atomic E-state index is 0. The van der Waals surface area contributed by atoms with Crippen molar-refractivity contribution in [2.24, 2.45) is 5.41 Å². The summed E-state index contributed by atoms with van der Waals surface area (Å²) in [5.41, 5.74) is -0.263. The van der Waals surface area contributed by atoms with E-state index in [-0.39, 0.29) is 24.4 Å². The first-order valence-electron chi connectivity index (χ1n) is 10.5. The number of aliphatic carboxylic acids is 2. The van der Waals surface area contributed by atoms with Gasteiger partial charge in [0.1, 0.15) is 0 Å². The van der Waals surface area contributed by atoms with E-state index in [9.17, 15) is 22.8 Å². The van der Waals surface area contributed by atoms with Crippen LogP contribution in [0.1, 0.15) is 38.7 Å². The van der Waals surface area contributed by atoms with Crippen molar-refractivity contribution in [1.29, 1.82) is 0 Å². The Labute approximate surface area is 207 Å². The summed E-state index contributed by atoms with van der Waals surface area (Å²) in [4.78, 5) is 29.7. The SMILES string of the molecule is CCCCNc1cnc(-c2ccc(C(F)(F)F)cc2)nc1.C[C@@]1(C(=O)O)C=CC=C(C(=O)O)C1.Cl. The van der Waals surface area contributed by atoms with Gasteiger partial charge in [0.15, 0.2) is 5.82 Å². The molecule has 1 aromatic carbocycles. The third-order valence-corrected chi connectivity index (χ3v) is 5.06. The maximum atomic E-state index is 12.5. The summed E-state index contributed by atoms with van der Waals surface area (Å²) < 4.78 is 37.4. The standard InChI is InChI=1S/C15H16F3N3.C9H10O4.ClH/c1-2-3-8-19-13-9-20-14(21-10-13)11-4-6-12(7-5-11)15(16,17)18;1-9(8(12)13)4-2-3-6(5-9)7(10)11;/h4-7,9-10,19H,2-3,8H2,1H3;2-4H,5H2,1H3,(H,10,11)(H,12,13);1H/t;9-;/m.1./s1. The summed E-state index contributed by atoms with van der Waals surface area (Å²) in [7, 11) is 0. The molecule has 1 aromatic heterocycles. The van der Waals surface area contributed by atoms with Crippen molar-refractivity contribution in [2.75, 3.05) is 11.9 Å². The third-order valence-electron chi connectivity index (χ3n) is 5.06. The van der Waals surface area contributed by atoms with Gasteiger partial charge in [0.2, 0.25) is 0 Å². The van der Waals surface area contributed by atoms with Gasteiger partial charge in [0.05, 0.1) is 29.1 Å². The molecule has 0 spiro atoms. The number of hydrogen-bond acceptors (Lipinski definition) is 5. The second-order valence-corrected chi connectivity index (χ2v) is 7.91. The summed E-state index contributed by atoms with van der Waals surface area (Å²) in [6, 6.07) is 4.82. The van der Waals surface area contributed by atoms with Crippen LogP contribution in [0.2, 0.25) is 0 Å². The van der Waals surface area contributed by atoms with Gasteiger partial charge in [-0.05, 0) is 31.9 Å². The molecule has 1 aliphatic rings. The topological polar surface area (TPSA) is 112 Å². The lowest BCUT2D eigenvalue weighted by atomic mass is 9.80. The van der Waals surface area contributed by atoms with E-state index >= 15 is 0 Å². The first-order chi connectivity index (χ1) is 16.0. The largest absolute Gasteiger partial charge is 0.481 e. The second kappa shape index (κ2) is 12.9. The molecule has 190 valence electrons. The Morgan fingerprint density at radius 3 is 2.20 bits per heavy atom. The maximum Gasteiger partial charge on any atom is 0.416 e. The highest BCUT2D eigenvalue weighted by molar-refractivity contribution is 5.90. The summed E-state index contributed by atoms with van der Waals surface area (Å²) >= 11 is 0. The second-order valence-electron chi connectivity index (χ2n) is 7.91. The van der Waals surface area contributed by atoms with Crippen LogP contribution >= 0.6 is 12.4 Å². The lowest BCUT2D eigenvalue weighted by Crippen LogP contribution is -2.28. The highest BCUT2D eigenvalue weighted by Crippen LogP contribution is 2.32. The van der Waals surface area contributed by atoms with Crippen molar-refractivity contribution < 1.29 is 33.0 Å². The Balaban J connectivity index is 0.000000378. The molecule has 3 N–H and O–H groups in total. The van der Waals surface area contributed by atoms with E-state index in [1.165, 1.54) is 37.3 Å². The molecule has 0 saturated heterocycles. The molecule has 0 saturated carbocycles. The molecule has 7 nitrogen and oxygen atoms in total. The van der Waals surface area contributed by atoms with Crippen molar-refractivity contribution in [2.45, 2.75) is 39.3 Å². The minimum Gasteiger partial charge on any atom is -0.481 e. The number of nitrogens with zero attached hydrogens (tertiary/aromatic N) is 2. The van der Waals surface area contributed by atoms with Crippen molar-refractivity contribution in [3.05, 3.63) is 66.0 Å². The molecular weight excluding hydrogens is 487 g/mol. The minimum atomic E-state index is -4.33. The zero-order chi connectivity index (χ0) is 25.4. The van der Waals surface area contributed by atoms with E-state index in [1.54, 1.807) is 12.4 Å². The molecule has 1 atom stereocenters. The Kier molecular flexibility index (Phi) is 10.9. The highest BCUT2D eigenvalue weighted by Gasteiger charge is 2.34. The van der Waals surface area contributed by atoms with Crippen LogP contribution in [0.15, 0.2) is 60.5 Å². The first kappa shape index (κ1) is 29.6. The fraction of sp³-hybridized carbons (Fsp3) is 0.333. The normalized spacial score (nSPS) is 16.8. The number of nitrogens with one attached hydrogen (secondary N) is 1. The van der Waals surface area contributed by atoms with Crippen LogP contribution in [0.25, 0.3) is 11.4 Å². The quantitative estimate of drug-likeness (QED) is 0.398. The Morgan fingerprint density at radius 1 is 1.11 bits per heavy atom. The average Bonchev–Trinajstić information content (AvgIpc) is 2.80. The average molecular weight is 514 g/mol. The monoisotopic (exact) mass is 513 g/mol. The van der Waals surface area contributed by atoms with Crippen LogP contribution < -0.4 is 5.32 Å². The van der Waals surface area contributed by atoms with Gasteiger partial charge in [-0.1, -0.05) is 43.7 Å². The predicted octanol–water partition coefficient (Wildman–Crippen LogP) is 5.84. The summed E-state index contributed by atoms with van der Waals surface area (Å²) in [6.07, 6.45) is 5.53. The van der Waals surface area contributed by atoms with Gasteiger partial charge in [0.25, 0.3) is 0 Å². The molecular formula is C24H27ClF3N3O4. The number of aromatic nitrogens is 2. The number of carboxylic acids is 2. The third kappa shape index (κ3) is 8.71. The molecule has 2 aromatic rings. The van der Waals surface area contributed by atoms with Gasteiger partial charge in [-0.15, -0.1) is 12.4 Å². The molecule has 35 heavy (non-hydrogen) atoms. The van der Waals surface area contributed by atoms with Crippen LogP contribution in [-0.2, 0) is 15.8 Å². The molecule has 1 aliphatic carbocycles. The molecule has 0 amide bonds. The van der Waals surface area contributed by atoms with Crippen LogP contribution in [0, 0.1) is 5.41 Å². The maximum absolute atomic E-state index is 12.5. The molecule has 0 unspecified atom stereocenters. The number of alkyl halides is 3. The smallest absolute Gasteiger partial charge is 0.416 e. The zero-order valence-corrected chi connectivity index (χ0v) is 20.0. The van der Waals surface area contributed by atoms with Gasteiger partial charge in [-0.2, -0.15) is 13.2 Å². The summed E-state index contributed by atoms with van der Waals surface area (Å²) in [6.45, 7) is 4.45. The fourth-order valence-electron chi connectivity index (χ4n) is 2.97. The predicted molar refractivity (Wildman–Crippen MR) is 128 cm³/mol. The van der Waals surface area contributed by atoms with Gasteiger partial charge >= 0.3 is 18.1 Å². The lowest BCUT2D eigenvalue weighted by Gasteiger charge is -2.23. The first-order valence-corrected chi connectivity index (χ1v) is 10.5. The van der Waals surface area contributed by atoms with Crippen LogP contribution in [0.4, 0.5) is 18.9 Å². The van der Waals surface area contributed by atoms with Crippen LogP contribution in [0.3, 0.4) is 0 Å². The number of hydrogen-bond donors (Lipinski definition) is 3. The van der Waals surface area contributed by atoms with Crippen molar-refractivity contribution in [3.63, 3.8) is 0 Å². The van der Waals surface area contributed by atoms with Crippen molar-refractivity contribution in [3.8, 4) is 11.4 Å². The molecule has 3 rings (SSSR count). The number of anilines is 1. The summed E-state index contributed by atoms with van der Waals surface area (Å²) in [5, 5.41) is 20.7. The number of allylic oxidation sites excluding steroid dienone is 2.